The molecule has 1 aromatic carbocycles. The molecule has 0 saturated heterocycles. The Morgan fingerprint density at radius 1 is 1.03 bits per heavy atom. The normalized spacial score (nSPS) is 12.7. The third-order valence-corrected chi connectivity index (χ3v) is 4.86. The van der Waals surface area contributed by atoms with Gasteiger partial charge in [-0.25, -0.2) is 0 Å². The minimum atomic E-state index is -1.87. The van der Waals surface area contributed by atoms with Crippen LogP contribution in [0, 0.1) is 0 Å². The summed E-state index contributed by atoms with van der Waals surface area (Å²) in [6, 6.07) is 10.9. The van der Waals surface area contributed by atoms with E-state index in [0.29, 0.717) is 18.5 Å². The molecule has 2 rings (SSSR count). The maximum Gasteiger partial charge on any atom is 0.254 e. The molecule has 0 aliphatic carbocycles. The van der Waals surface area contributed by atoms with Crippen LogP contribution in [0.5, 0.6) is 0 Å². The van der Waals surface area contributed by atoms with Crippen molar-refractivity contribution in [2.45, 2.75) is 25.2 Å². The molecule has 0 aliphatic rings. The molecule has 0 radical (unpaired) electrons. The highest BCUT2D eigenvalue weighted by Gasteiger charge is 2.32. The monoisotopic (exact) mass is 419 g/mol. The van der Waals surface area contributed by atoms with E-state index in [2.05, 4.69) is 10.6 Å². The number of thiophene rings is 1. The highest BCUT2D eigenvalue weighted by molar-refractivity contribution is 7.08. The molecule has 0 bridgehead atoms. The molecule has 9 heteroatoms. The van der Waals surface area contributed by atoms with Crippen molar-refractivity contribution in [2.75, 3.05) is 20.1 Å². The Bertz CT molecular complexity index is 798. The van der Waals surface area contributed by atoms with Gasteiger partial charge >= 0.3 is 0 Å². The van der Waals surface area contributed by atoms with E-state index in [1.54, 1.807) is 16.8 Å². The Balaban J connectivity index is 1.69. The fourth-order valence-electron chi connectivity index (χ4n) is 2.54. The van der Waals surface area contributed by atoms with Crippen LogP contribution in [-0.4, -0.2) is 65.2 Å². The summed E-state index contributed by atoms with van der Waals surface area (Å²) in [6.07, 6.45) is -3.30. The molecule has 3 amide bonds. The topological polar surface area (TPSA) is 119 Å². The molecular weight excluding hydrogens is 394 g/mol. The molecule has 2 atom stereocenters. The minimum Gasteiger partial charge on any atom is -0.380 e. The third kappa shape index (κ3) is 6.97. The Kier molecular flexibility index (Phi) is 8.78. The van der Waals surface area contributed by atoms with Gasteiger partial charge < -0.3 is 25.7 Å². The number of amides is 3. The van der Waals surface area contributed by atoms with Crippen LogP contribution in [0.3, 0.4) is 0 Å². The van der Waals surface area contributed by atoms with Crippen molar-refractivity contribution in [3.63, 3.8) is 0 Å². The molecule has 0 aliphatic heterocycles. The maximum atomic E-state index is 12.2. The fourth-order valence-corrected chi connectivity index (χ4v) is 3.18. The van der Waals surface area contributed by atoms with Gasteiger partial charge in [0.15, 0.2) is 12.2 Å². The molecule has 0 fully saturated rings. The summed E-state index contributed by atoms with van der Waals surface area (Å²) >= 11 is 1.43. The number of rotatable bonds is 10. The largest absolute Gasteiger partial charge is 0.380 e. The third-order valence-electron chi connectivity index (χ3n) is 4.18. The first-order chi connectivity index (χ1) is 13.9. The summed E-state index contributed by atoms with van der Waals surface area (Å²) in [4.78, 5) is 37.2. The van der Waals surface area contributed by atoms with Crippen molar-refractivity contribution in [1.29, 1.82) is 0 Å². The van der Waals surface area contributed by atoms with Crippen molar-refractivity contribution in [3.8, 4) is 0 Å². The molecule has 2 aromatic rings. The van der Waals surface area contributed by atoms with Crippen LogP contribution in [0.15, 0.2) is 47.2 Å². The van der Waals surface area contributed by atoms with Crippen molar-refractivity contribution in [3.05, 3.63) is 58.3 Å². The van der Waals surface area contributed by atoms with E-state index in [9.17, 15) is 24.6 Å². The number of nitrogens with one attached hydrogen (secondary N) is 2. The van der Waals surface area contributed by atoms with Gasteiger partial charge in [-0.1, -0.05) is 30.3 Å². The van der Waals surface area contributed by atoms with Crippen LogP contribution < -0.4 is 10.6 Å². The minimum absolute atomic E-state index is 0.181. The molecule has 1 aromatic heterocycles. The first-order valence-corrected chi connectivity index (χ1v) is 10.1. The fraction of sp³-hybridized carbons (Fsp3) is 0.350. The summed E-state index contributed by atoms with van der Waals surface area (Å²) < 4.78 is 0. The molecule has 156 valence electrons. The number of hydrogen-bond acceptors (Lipinski definition) is 6. The number of likely N-dealkylation sites (N-methyl/N-ethyl adjacent to an activating group) is 1. The van der Waals surface area contributed by atoms with E-state index in [4.69, 9.17) is 0 Å². The lowest BCUT2D eigenvalue weighted by Crippen LogP contribution is -2.50. The smallest absolute Gasteiger partial charge is 0.254 e. The van der Waals surface area contributed by atoms with Gasteiger partial charge in [-0.3, -0.25) is 14.4 Å². The van der Waals surface area contributed by atoms with Gasteiger partial charge in [0, 0.05) is 37.6 Å². The summed E-state index contributed by atoms with van der Waals surface area (Å²) in [6.45, 7) is 0.766. The SMILES string of the molecule is CN(Cc1ccccc1)C(=O)[C@H](O)[C@@H](O)C(=O)NCCCNC(=O)c1ccsc1. The van der Waals surface area contributed by atoms with Gasteiger partial charge in [0.05, 0.1) is 0 Å². The number of carbonyl (C=O) groups is 3. The van der Waals surface area contributed by atoms with Gasteiger partial charge in [-0.2, -0.15) is 11.3 Å². The number of aliphatic hydroxyl groups excluding tert-OH is 2. The van der Waals surface area contributed by atoms with Gasteiger partial charge in [0.25, 0.3) is 17.7 Å². The second-order valence-electron chi connectivity index (χ2n) is 6.48. The average molecular weight is 420 g/mol. The highest BCUT2D eigenvalue weighted by Crippen LogP contribution is 2.07. The number of benzene rings is 1. The predicted molar refractivity (Wildman–Crippen MR) is 109 cm³/mol. The zero-order valence-electron chi connectivity index (χ0n) is 16.1. The summed E-state index contributed by atoms with van der Waals surface area (Å²) in [5.41, 5.74) is 1.44. The Labute approximate surface area is 173 Å². The zero-order chi connectivity index (χ0) is 21.2. The summed E-state index contributed by atoms with van der Waals surface area (Å²) in [7, 11) is 1.49. The molecular formula is C20H25N3O5S. The van der Waals surface area contributed by atoms with Crippen LogP contribution in [0.4, 0.5) is 0 Å². The Morgan fingerprint density at radius 2 is 1.72 bits per heavy atom. The second kappa shape index (κ2) is 11.3. The molecule has 4 N–H and O–H groups in total. The molecule has 0 spiro atoms. The average Bonchev–Trinajstić information content (AvgIpc) is 3.27. The molecule has 1 heterocycles. The van der Waals surface area contributed by atoms with Gasteiger partial charge in [0.2, 0.25) is 0 Å². The quantitative estimate of drug-likeness (QED) is 0.415. The molecule has 0 unspecified atom stereocenters. The van der Waals surface area contributed by atoms with Crippen molar-refractivity contribution < 1.29 is 24.6 Å². The maximum absolute atomic E-state index is 12.2. The Hall–Kier alpha value is -2.75. The van der Waals surface area contributed by atoms with Crippen LogP contribution >= 0.6 is 11.3 Å². The number of carbonyl (C=O) groups excluding carboxylic acids is 3. The van der Waals surface area contributed by atoms with E-state index in [-0.39, 0.29) is 19.0 Å². The van der Waals surface area contributed by atoms with Gasteiger partial charge in [-0.05, 0) is 23.4 Å². The summed E-state index contributed by atoms with van der Waals surface area (Å²) in [5, 5.41) is 28.7. The lowest BCUT2D eigenvalue weighted by molar-refractivity contribution is -0.152. The highest BCUT2D eigenvalue weighted by atomic mass is 32.1. The number of aliphatic hydroxyl groups is 2. The van der Waals surface area contributed by atoms with E-state index in [0.717, 1.165) is 5.56 Å². The van der Waals surface area contributed by atoms with Crippen molar-refractivity contribution in [1.82, 2.24) is 15.5 Å². The number of nitrogens with zero attached hydrogens (tertiary/aromatic N) is 1. The first kappa shape index (κ1) is 22.5. The van der Waals surface area contributed by atoms with E-state index < -0.39 is 24.0 Å². The lowest BCUT2D eigenvalue weighted by atomic mass is 10.1. The standard InChI is InChI=1S/C20H25N3O5S/c1-23(12-14-6-3-2-4-7-14)20(28)17(25)16(24)19(27)22-10-5-9-21-18(26)15-8-11-29-13-15/h2-4,6-8,11,13,16-17,24-25H,5,9-10,12H2,1H3,(H,21,26)(H,22,27)/t16-,17-/m1/s1. The van der Waals surface area contributed by atoms with Crippen LogP contribution in [-0.2, 0) is 16.1 Å². The Morgan fingerprint density at radius 3 is 2.38 bits per heavy atom. The zero-order valence-corrected chi connectivity index (χ0v) is 16.9. The summed E-state index contributed by atoms with van der Waals surface area (Å²) in [5.74, 6) is -1.79. The van der Waals surface area contributed by atoms with Crippen LogP contribution in [0.1, 0.15) is 22.3 Å². The predicted octanol–water partition coefficient (Wildman–Crippen LogP) is 0.365. The van der Waals surface area contributed by atoms with E-state index >= 15 is 0 Å². The molecule has 29 heavy (non-hydrogen) atoms. The molecule has 0 saturated carbocycles. The number of hydrogen-bond donors (Lipinski definition) is 4. The molecule has 8 nitrogen and oxygen atoms in total. The lowest BCUT2D eigenvalue weighted by Gasteiger charge is -2.23. The van der Waals surface area contributed by atoms with Crippen molar-refractivity contribution >= 4 is 29.1 Å². The van der Waals surface area contributed by atoms with E-state index in [1.807, 2.05) is 30.3 Å². The van der Waals surface area contributed by atoms with Gasteiger partial charge in [-0.15, -0.1) is 0 Å². The van der Waals surface area contributed by atoms with Crippen LogP contribution in [0.2, 0.25) is 0 Å². The first-order valence-electron chi connectivity index (χ1n) is 9.13. The van der Waals surface area contributed by atoms with Crippen LogP contribution in [0.25, 0.3) is 0 Å². The van der Waals surface area contributed by atoms with Gasteiger partial charge in [0.1, 0.15) is 0 Å². The van der Waals surface area contributed by atoms with E-state index in [1.165, 1.54) is 23.3 Å². The van der Waals surface area contributed by atoms with Crippen molar-refractivity contribution in [2.24, 2.45) is 0 Å². The second-order valence-corrected chi connectivity index (χ2v) is 7.26.